The highest BCUT2D eigenvalue weighted by Crippen LogP contribution is 2.35. The molecule has 8 heteroatoms. The third kappa shape index (κ3) is 3.85. The highest BCUT2D eigenvalue weighted by Gasteiger charge is 2.28. The highest BCUT2D eigenvalue weighted by atomic mass is 32.2. The molecule has 2 rings (SSSR count). The first-order valence-corrected chi connectivity index (χ1v) is 8.27. The van der Waals surface area contributed by atoms with Gasteiger partial charge in [-0.25, -0.2) is 0 Å². The van der Waals surface area contributed by atoms with Gasteiger partial charge in [0.05, 0.1) is 22.8 Å². The fraction of sp³-hybridized carbons (Fsp3) is 0.462. The van der Waals surface area contributed by atoms with Gasteiger partial charge in [0.25, 0.3) is 15.8 Å². The van der Waals surface area contributed by atoms with E-state index in [4.69, 9.17) is 4.18 Å². The second-order valence-electron chi connectivity index (χ2n) is 5.08. The van der Waals surface area contributed by atoms with Crippen molar-refractivity contribution in [3.8, 4) is 0 Å². The average Bonchev–Trinajstić information content (AvgIpc) is 2.39. The summed E-state index contributed by atoms with van der Waals surface area (Å²) in [5.41, 5.74) is 1.31. The lowest BCUT2D eigenvalue weighted by molar-refractivity contribution is -0.385. The largest absolute Gasteiger partial charge is 0.294 e. The SMILES string of the molecule is C[C@@H]1C=C(c2ccncc2[N+](=O)[O-])CC[C@H]1OS(C)(=O)=O. The van der Waals surface area contributed by atoms with Gasteiger partial charge in [-0.05, 0) is 24.5 Å². The van der Waals surface area contributed by atoms with E-state index in [-0.39, 0.29) is 11.6 Å². The Bertz CT molecular complexity index is 684. The van der Waals surface area contributed by atoms with Crippen LogP contribution in [0.1, 0.15) is 25.3 Å². The van der Waals surface area contributed by atoms with Gasteiger partial charge < -0.3 is 0 Å². The Kier molecular flexibility index (Phi) is 4.38. The summed E-state index contributed by atoms with van der Waals surface area (Å²) >= 11 is 0. The maximum Gasteiger partial charge on any atom is 0.294 e. The molecule has 0 bridgehead atoms. The Morgan fingerprint density at radius 1 is 1.48 bits per heavy atom. The van der Waals surface area contributed by atoms with Crippen molar-refractivity contribution >= 4 is 21.4 Å². The average molecular weight is 312 g/mol. The lowest BCUT2D eigenvalue weighted by Gasteiger charge is -2.26. The summed E-state index contributed by atoms with van der Waals surface area (Å²) in [5, 5.41) is 11.0. The van der Waals surface area contributed by atoms with E-state index in [2.05, 4.69) is 4.98 Å². The van der Waals surface area contributed by atoms with Crippen molar-refractivity contribution in [3.63, 3.8) is 0 Å². The van der Waals surface area contributed by atoms with Crippen LogP contribution in [0.25, 0.3) is 5.57 Å². The molecule has 0 fully saturated rings. The number of rotatable bonds is 4. The lowest BCUT2D eigenvalue weighted by Crippen LogP contribution is -2.26. The maximum atomic E-state index is 11.2. The predicted octanol–water partition coefficient (Wildman–Crippen LogP) is 2.15. The van der Waals surface area contributed by atoms with E-state index in [1.807, 2.05) is 13.0 Å². The molecular weight excluding hydrogens is 296 g/mol. The van der Waals surface area contributed by atoms with E-state index in [1.54, 1.807) is 6.07 Å². The smallest absolute Gasteiger partial charge is 0.266 e. The van der Waals surface area contributed by atoms with E-state index in [1.165, 1.54) is 12.4 Å². The predicted molar refractivity (Wildman–Crippen MR) is 77.0 cm³/mol. The molecule has 0 aliphatic heterocycles. The molecule has 1 aliphatic carbocycles. The molecule has 114 valence electrons. The maximum absolute atomic E-state index is 11.2. The number of pyridine rings is 1. The summed E-state index contributed by atoms with van der Waals surface area (Å²) in [6, 6.07) is 1.61. The molecule has 1 aliphatic rings. The van der Waals surface area contributed by atoms with Crippen molar-refractivity contribution in [1.82, 2.24) is 4.98 Å². The van der Waals surface area contributed by atoms with Gasteiger partial charge >= 0.3 is 0 Å². The minimum Gasteiger partial charge on any atom is -0.266 e. The zero-order chi connectivity index (χ0) is 15.6. The second-order valence-corrected chi connectivity index (χ2v) is 6.68. The van der Waals surface area contributed by atoms with Crippen LogP contribution in [0.15, 0.2) is 24.5 Å². The first kappa shape index (κ1) is 15.6. The summed E-state index contributed by atoms with van der Waals surface area (Å²) in [6.45, 7) is 1.84. The summed E-state index contributed by atoms with van der Waals surface area (Å²) in [6.07, 6.45) is 6.18. The Balaban J connectivity index is 2.28. The van der Waals surface area contributed by atoms with Crippen molar-refractivity contribution in [1.29, 1.82) is 0 Å². The fourth-order valence-corrected chi connectivity index (χ4v) is 3.18. The number of aromatic nitrogens is 1. The summed E-state index contributed by atoms with van der Waals surface area (Å²) < 4.78 is 27.4. The van der Waals surface area contributed by atoms with Crippen LogP contribution >= 0.6 is 0 Å². The van der Waals surface area contributed by atoms with Crippen molar-refractivity contribution < 1.29 is 17.5 Å². The molecule has 1 aromatic heterocycles. The Hall–Kier alpha value is -1.80. The van der Waals surface area contributed by atoms with E-state index >= 15 is 0 Å². The molecule has 1 heterocycles. The lowest BCUT2D eigenvalue weighted by atomic mass is 9.86. The number of allylic oxidation sites excluding steroid dienone is 1. The molecule has 7 nitrogen and oxygen atoms in total. The number of nitro groups is 1. The van der Waals surface area contributed by atoms with E-state index in [0.29, 0.717) is 18.4 Å². The molecule has 21 heavy (non-hydrogen) atoms. The normalized spacial score (nSPS) is 22.7. The first-order valence-electron chi connectivity index (χ1n) is 6.45. The van der Waals surface area contributed by atoms with Gasteiger partial charge in [0.1, 0.15) is 6.20 Å². The standard InChI is InChI=1S/C13H16N2O5S/c1-9-7-10(3-4-13(9)20-21(2,18)19)11-5-6-14-8-12(11)15(16)17/h5-9,13H,3-4H2,1-2H3/t9-,13-/m1/s1. The molecule has 0 saturated carbocycles. The number of hydrogen-bond acceptors (Lipinski definition) is 6. The highest BCUT2D eigenvalue weighted by molar-refractivity contribution is 7.86. The van der Waals surface area contributed by atoms with Gasteiger partial charge in [0.15, 0.2) is 0 Å². The quantitative estimate of drug-likeness (QED) is 0.480. The monoisotopic (exact) mass is 312 g/mol. The van der Waals surface area contributed by atoms with Crippen LogP contribution in [0.3, 0.4) is 0 Å². The van der Waals surface area contributed by atoms with Crippen LogP contribution in [-0.4, -0.2) is 30.7 Å². The van der Waals surface area contributed by atoms with Gasteiger partial charge in [0, 0.05) is 12.1 Å². The zero-order valence-electron chi connectivity index (χ0n) is 11.7. The van der Waals surface area contributed by atoms with Gasteiger partial charge in [-0.3, -0.25) is 19.3 Å². The number of nitrogens with zero attached hydrogens (tertiary/aromatic N) is 2. The minimum atomic E-state index is -3.51. The van der Waals surface area contributed by atoms with Gasteiger partial charge in [-0.15, -0.1) is 0 Å². The van der Waals surface area contributed by atoms with Crippen molar-refractivity contribution in [3.05, 3.63) is 40.2 Å². The van der Waals surface area contributed by atoms with Crippen LogP contribution in [0.5, 0.6) is 0 Å². The van der Waals surface area contributed by atoms with Crippen LogP contribution in [0.2, 0.25) is 0 Å². The van der Waals surface area contributed by atoms with Crippen molar-refractivity contribution in [2.24, 2.45) is 5.92 Å². The van der Waals surface area contributed by atoms with Gasteiger partial charge in [-0.2, -0.15) is 8.42 Å². The van der Waals surface area contributed by atoms with Crippen LogP contribution < -0.4 is 0 Å². The Morgan fingerprint density at radius 2 is 2.19 bits per heavy atom. The van der Waals surface area contributed by atoms with E-state index < -0.39 is 21.1 Å². The summed E-state index contributed by atoms with van der Waals surface area (Å²) in [4.78, 5) is 14.3. The zero-order valence-corrected chi connectivity index (χ0v) is 12.5. The van der Waals surface area contributed by atoms with Crippen molar-refractivity contribution in [2.45, 2.75) is 25.9 Å². The fourth-order valence-electron chi connectivity index (χ4n) is 2.46. The Labute approximate surface area is 122 Å². The van der Waals surface area contributed by atoms with Crippen LogP contribution in [0.4, 0.5) is 5.69 Å². The van der Waals surface area contributed by atoms with Crippen molar-refractivity contribution in [2.75, 3.05) is 6.26 Å². The van der Waals surface area contributed by atoms with Gasteiger partial charge in [0.2, 0.25) is 0 Å². The summed E-state index contributed by atoms with van der Waals surface area (Å²) in [7, 11) is -3.51. The molecule has 0 N–H and O–H groups in total. The summed E-state index contributed by atoms with van der Waals surface area (Å²) in [5.74, 6) is -0.142. The molecule has 2 atom stereocenters. The second kappa shape index (κ2) is 5.90. The molecule has 1 aromatic rings. The molecule has 0 spiro atoms. The van der Waals surface area contributed by atoms with E-state index in [9.17, 15) is 18.5 Å². The number of hydrogen-bond donors (Lipinski definition) is 0. The van der Waals surface area contributed by atoms with Gasteiger partial charge in [-0.1, -0.05) is 13.0 Å². The van der Waals surface area contributed by atoms with Crippen LogP contribution in [0, 0.1) is 16.0 Å². The van der Waals surface area contributed by atoms with E-state index in [0.717, 1.165) is 11.8 Å². The molecule has 0 unspecified atom stereocenters. The van der Waals surface area contributed by atoms with Crippen LogP contribution in [-0.2, 0) is 14.3 Å². The molecular formula is C13H16N2O5S. The molecule has 0 saturated heterocycles. The third-order valence-electron chi connectivity index (χ3n) is 3.39. The first-order chi connectivity index (χ1) is 9.78. The topological polar surface area (TPSA) is 99.4 Å². The molecule has 0 aromatic carbocycles. The molecule has 0 amide bonds. The third-order valence-corrected chi connectivity index (χ3v) is 3.99. The molecule has 0 radical (unpaired) electrons. The minimum absolute atomic E-state index is 0.0431. The Morgan fingerprint density at radius 3 is 2.76 bits per heavy atom.